The standard InChI is InChI=1S/C19H25N5O2S/c1-14-10-15(2)12-16(11-14)18(25)22(3)4-5-24-13-17(20-21-24)19(26)23-6-8-27-9-7-23/h10-13H,4-9H2,1-3H3. The summed E-state index contributed by atoms with van der Waals surface area (Å²) >= 11 is 1.86. The molecule has 1 aromatic heterocycles. The highest BCUT2D eigenvalue weighted by Gasteiger charge is 2.21. The third kappa shape index (κ3) is 4.88. The Hall–Kier alpha value is -2.35. The molecule has 2 heterocycles. The third-order valence-electron chi connectivity index (χ3n) is 4.54. The minimum Gasteiger partial charge on any atom is -0.340 e. The highest BCUT2D eigenvalue weighted by molar-refractivity contribution is 7.99. The van der Waals surface area contributed by atoms with Gasteiger partial charge >= 0.3 is 0 Å². The van der Waals surface area contributed by atoms with E-state index < -0.39 is 0 Å². The van der Waals surface area contributed by atoms with Crippen LogP contribution in [0.5, 0.6) is 0 Å². The molecule has 0 saturated carbocycles. The Bertz CT molecular complexity index is 809. The average Bonchev–Trinajstić information content (AvgIpc) is 3.14. The summed E-state index contributed by atoms with van der Waals surface area (Å²) in [5, 5.41) is 8.05. The molecule has 2 aromatic rings. The number of benzene rings is 1. The Morgan fingerprint density at radius 1 is 1.15 bits per heavy atom. The average molecular weight is 388 g/mol. The van der Waals surface area contributed by atoms with E-state index in [1.807, 2.05) is 48.7 Å². The smallest absolute Gasteiger partial charge is 0.276 e. The predicted octanol–water partition coefficient (Wildman–Crippen LogP) is 1.86. The minimum atomic E-state index is -0.0683. The molecule has 1 aliphatic rings. The van der Waals surface area contributed by atoms with Crippen LogP contribution >= 0.6 is 11.8 Å². The van der Waals surface area contributed by atoms with E-state index in [4.69, 9.17) is 0 Å². The van der Waals surface area contributed by atoms with Crippen molar-refractivity contribution in [3.8, 4) is 0 Å². The number of hydrogen-bond donors (Lipinski definition) is 0. The molecule has 8 heteroatoms. The maximum atomic E-state index is 12.6. The second kappa shape index (κ2) is 8.56. The summed E-state index contributed by atoms with van der Waals surface area (Å²) in [5.41, 5.74) is 3.20. The van der Waals surface area contributed by atoms with Crippen molar-refractivity contribution in [3.63, 3.8) is 0 Å². The van der Waals surface area contributed by atoms with E-state index in [1.165, 1.54) is 0 Å². The molecule has 1 fully saturated rings. The molecular weight excluding hydrogens is 362 g/mol. The van der Waals surface area contributed by atoms with Crippen LogP contribution in [-0.4, -0.2) is 74.8 Å². The minimum absolute atomic E-state index is 0.0240. The van der Waals surface area contributed by atoms with Crippen LogP contribution in [-0.2, 0) is 6.54 Å². The van der Waals surface area contributed by atoms with Crippen LogP contribution in [0.15, 0.2) is 24.4 Å². The van der Waals surface area contributed by atoms with Crippen molar-refractivity contribution in [2.75, 3.05) is 38.2 Å². The largest absolute Gasteiger partial charge is 0.340 e. The number of aryl methyl sites for hydroxylation is 2. The summed E-state index contributed by atoms with van der Waals surface area (Å²) < 4.78 is 1.62. The molecule has 2 amide bonds. The SMILES string of the molecule is Cc1cc(C)cc(C(=O)N(C)CCn2cc(C(=O)N3CCSCC3)nn2)c1. The quantitative estimate of drug-likeness (QED) is 0.783. The number of nitrogens with zero attached hydrogens (tertiary/aromatic N) is 5. The van der Waals surface area contributed by atoms with Gasteiger partial charge in [0.25, 0.3) is 11.8 Å². The first kappa shape index (κ1) is 19.4. The normalized spacial score (nSPS) is 14.3. The topological polar surface area (TPSA) is 71.3 Å². The molecule has 0 atom stereocenters. The van der Waals surface area contributed by atoms with Gasteiger partial charge in [-0.1, -0.05) is 22.4 Å². The predicted molar refractivity (Wildman–Crippen MR) is 106 cm³/mol. The summed E-state index contributed by atoms with van der Waals surface area (Å²) in [4.78, 5) is 28.5. The number of hydrogen-bond acceptors (Lipinski definition) is 5. The zero-order valence-electron chi connectivity index (χ0n) is 16.0. The van der Waals surface area contributed by atoms with Crippen molar-refractivity contribution in [1.29, 1.82) is 0 Å². The van der Waals surface area contributed by atoms with Crippen LogP contribution in [0.3, 0.4) is 0 Å². The first-order valence-electron chi connectivity index (χ1n) is 9.05. The highest BCUT2D eigenvalue weighted by Crippen LogP contribution is 2.13. The number of rotatable bonds is 5. The number of likely N-dealkylation sites (N-methyl/N-ethyl adjacent to an activating group) is 1. The Morgan fingerprint density at radius 2 is 1.81 bits per heavy atom. The third-order valence-corrected chi connectivity index (χ3v) is 5.48. The first-order chi connectivity index (χ1) is 12.9. The van der Waals surface area contributed by atoms with Gasteiger partial charge in [0.15, 0.2) is 5.69 Å². The van der Waals surface area contributed by atoms with Crippen molar-refractivity contribution in [2.45, 2.75) is 20.4 Å². The van der Waals surface area contributed by atoms with Gasteiger partial charge in [-0.2, -0.15) is 11.8 Å². The molecule has 0 bridgehead atoms. The van der Waals surface area contributed by atoms with Gasteiger partial charge in [-0.3, -0.25) is 9.59 Å². The molecule has 7 nitrogen and oxygen atoms in total. The molecule has 1 aliphatic heterocycles. The van der Waals surface area contributed by atoms with Crippen molar-refractivity contribution in [2.24, 2.45) is 0 Å². The zero-order valence-corrected chi connectivity index (χ0v) is 16.8. The fraction of sp³-hybridized carbons (Fsp3) is 0.474. The first-order valence-corrected chi connectivity index (χ1v) is 10.2. The Kier molecular flexibility index (Phi) is 6.15. The van der Waals surface area contributed by atoms with E-state index in [9.17, 15) is 9.59 Å². The lowest BCUT2D eigenvalue weighted by atomic mass is 10.1. The lowest BCUT2D eigenvalue weighted by Crippen LogP contribution is -2.38. The van der Waals surface area contributed by atoms with Crippen LogP contribution in [0.4, 0.5) is 0 Å². The summed E-state index contributed by atoms with van der Waals surface area (Å²) in [6.45, 7) is 6.46. The van der Waals surface area contributed by atoms with Crippen LogP contribution in [0.2, 0.25) is 0 Å². The maximum Gasteiger partial charge on any atom is 0.276 e. The van der Waals surface area contributed by atoms with Gasteiger partial charge in [-0.15, -0.1) is 5.10 Å². The molecule has 1 aromatic carbocycles. The second-order valence-electron chi connectivity index (χ2n) is 6.87. The number of carbonyl (C=O) groups excluding carboxylic acids is 2. The van der Waals surface area contributed by atoms with Gasteiger partial charge in [0.2, 0.25) is 0 Å². The number of amides is 2. The summed E-state index contributed by atoms with van der Waals surface area (Å²) in [6, 6.07) is 5.84. The van der Waals surface area contributed by atoms with E-state index in [2.05, 4.69) is 10.3 Å². The van der Waals surface area contributed by atoms with Crippen LogP contribution < -0.4 is 0 Å². The monoisotopic (exact) mass is 387 g/mol. The Morgan fingerprint density at radius 3 is 2.48 bits per heavy atom. The summed E-state index contributed by atoms with van der Waals surface area (Å²) in [5.74, 6) is 1.83. The van der Waals surface area contributed by atoms with Gasteiger partial charge in [0.1, 0.15) is 0 Å². The van der Waals surface area contributed by atoms with Gasteiger partial charge in [-0.05, 0) is 26.0 Å². The van der Waals surface area contributed by atoms with Gasteiger partial charge in [0.05, 0.1) is 12.7 Å². The Labute approximate surface area is 163 Å². The van der Waals surface area contributed by atoms with E-state index >= 15 is 0 Å². The molecule has 0 N–H and O–H groups in total. The van der Waals surface area contributed by atoms with Crippen molar-refractivity contribution >= 4 is 23.6 Å². The molecule has 0 radical (unpaired) electrons. The van der Waals surface area contributed by atoms with E-state index in [-0.39, 0.29) is 11.8 Å². The van der Waals surface area contributed by atoms with Crippen molar-refractivity contribution < 1.29 is 9.59 Å². The molecule has 27 heavy (non-hydrogen) atoms. The van der Waals surface area contributed by atoms with Gasteiger partial charge in [0, 0.05) is 43.8 Å². The van der Waals surface area contributed by atoms with Crippen LogP contribution in [0.1, 0.15) is 32.0 Å². The highest BCUT2D eigenvalue weighted by atomic mass is 32.2. The number of carbonyl (C=O) groups is 2. The lowest BCUT2D eigenvalue weighted by molar-refractivity contribution is 0.0763. The van der Waals surface area contributed by atoms with Gasteiger partial charge < -0.3 is 9.80 Å². The van der Waals surface area contributed by atoms with Crippen molar-refractivity contribution in [3.05, 3.63) is 46.8 Å². The summed E-state index contributed by atoms with van der Waals surface area (Å²) in [6.07, 6.45) is 1.67. The number of thioether (sulfide) groups is 1. The molecule has 3 rings (SSSR count). The zero-order chi connectivity index (χ0) is 19.4. The fourth-order valence-electron chi connectivity index (χ4n) is 3.11. The molecular formula is C19H25N5O2S. The van der Waals surface area contributed by atoms with Crippen LogP contribution in [0, 0.1) is 13.8 Å². The molecule has 0 unspecified atom stereocenters. The molecule has 0 spiro atoms. The molecule has 1 saturated heterocycles. The van der Waals surface area contributed by atoms with E-state index in [0.29, 0.717) is 24.3 Å². The van der Waals surface area contributed by atoms with Gasteiger partial charge in [-0.25, -0.2) is 4.68 Å². The fourth-order valence-corrected chi connectivity index (χ4v) is 4.01. The Balaban J connectivity index is 1.57. The van der Waals surface area contributed by atoms with E-state index in [1.54, 1.807) is 22.8 Å². The lowest BCUT2D eigenvalue weighted by Gasteiger charge is -2.25. The molecule has 144 valence electrons. The summed E-state index contributed by atoms with van der Waals surface area (Å²) in [7, 11) is 1.77. The molecule has 0 aliphatic carbocycles. The number of aromatic nitrogens is 3. The second-order valence-corrected chi connectivity index (χ2v) is 8.10. The van der Waals surface area contributed by atoms with E-state index in [0.717, 1.165) is 35.7 Å². The maximum absolute atomic E-state index is 12.6. The van der Waals surface area contributed by atoms with Crippen LogP contribution in [0.25, 0.3) is 0 Å². The van der Waals surface area contributed by atoms with Crippen molar-refractivity contribution in [1.82, 2.24) is 24.8 Å².